The Balaban J connectivity index is 1.65. The average molecular weight is 555 g/mol. The number of aryl methyl sites for hydroxylation is 2. The van der Waals surface area contributed by atoms with Crippen LogP contribution < -0.4 is 16.0 Å². The fourth-order valence-electron chi connectivity index (χ4n) is 5.33. The van der Waals surface area contributed by atoms with Gasteiger partial charge in [-0.2, -0.15) is 5.10 Å². The zero-order valence-electron chi connectivity index (χ0n) is 22.5. The van der Waals surface area contributed by atoms with Crippen molar-refractivity contribution in [3.63, 3.8) is 0 Å². The molecule has 4 heterocycles. The molecular weight excluding hydrogens is 527 g/mol. The van der Waals surface area contributed by atoms with E-state index in [9.17, 15) is 9.18 Å². The molecule has 10 heteroatoms. The van der Waals surface area contributed by atoms with Crippen LogP contribution in [0.2, 0.25) is 0 Å². The minimum atomic E-state index is -0.515. The largest absolute Gasteiger partial charge is 0.494 e. The summed E-state index contributed by atoms with van der Waals surface area (Å²) in [5, 5.41) is 7.46. The van der Waals surface area contributed by atoms with Gasteiger partial charge in [0.2, 0.25) is 0 Å². The third-order valence-corrected chi connectivity index (χ3v) is 8.20. The molecule has 202 valence electrons. The van der Waals surface area contributed by atoms with Gasteiger partial charge in [0.15, 0.2) is 17.2 Å². The third-order valence-electron chi connectivity index (χ3n) is 7.20. The highest BCUT2D eigenvalue weighted by Gasteiger charge is 2.27. The lowest BCUT2D eigenvalue weighted by atomic mass is 9.94. The van der Waals surface area contributed by atoms with Crippen LogP contribution in [0.4, 0.5) is 10.2 Å². The van der Waals surface area contributed by atoms with E-state index in [1.54, 1.807) is 21.2 Å². The Labute approximate surface area is 233 Å². The summed E-state index contributed by atoms with van der Waals surface area (Å²) in [7, 11) is 1.42. The van der Waals surface area contributed by atoms with Gasteiger partial charge in [-0.25, -0.2) is 19.0 Å². The molecule has 6 rings (SSSR count). The third kappa shape index (κ3) is 4.03. The second-order valence-electron chi connectivity index (χ2n) is 9.72. The summed E-state index contributed by atoms with van der Waals surface area (Å²) in [6.07, 6.45) is 2.00. The molecule has 6 aromatic rings. The zero-order chi connectivity index (χ0) is 28.1. The first-order valence-corrected chi connectivity index (χ1v) is 13.7. The fraction of sp³-hybridized carbons (Fsp3) is 0.200. The number of halogens is 1. The zero-order valence-corrected chi connectivity index (χ0v) is 23.3. The number of thiazole rings is 1. The molecule has 0 spiro atoms. The smallest absolute Gasteiger partial charge is 0.264 e. The van der Waals surface area contributed by atoms with Crippen molar-refractivity contribution < 1.29 is 9.13 Å². The number of anilines is 1. The summed E-state index contributed by atoms with van der Waals surface area (Å²) < 4.78 is 23.4. The number of methoxy groups -OCH3 is 1. The second-order valence-corrected chi connectivity index (χ2v) is 10.6. The van der Waals surface area contributed by atoms with E-state index >= 15 is 0 Å². The summed E-state index contributed by atoms with van der Waals surface area (Å²) in [4.78, 5) is 23.7. The van der Waals surface area contributed by atoms with Crippen LogP contribution in [0, 0.1) is 19.7 Å². The van der Waals surface area contributed by atoms with Gasteiger partial charge in [0.1, 0.15) is 22.7 Å². The van der Waals surface area contributed by atoms with Crippen LogP contribution in [0.3, 0.4) is 0 Å². The molecule has 40 heavy (non-hydrogen) atoms. The molecule has 0 aliphatic rings. The lowest BCUT2D eigenvalue weighted by Crippen LogP contribution is -2.22. The maximum absolute atomic E-state index is 14.7. The van der Waals surface area contributed by atoms with Gasteiger partial charge in [-0.1, -0.05) is 36.8 Å². The lowest BCUT2D eigenvalue weighted by molar-refractivity contribution is 0.386. The predicted molar refractivity (Wildman–Crippen MR) is 157 cm³/mol. The number of hydrogen-bond donors (Lipinski definition) is 1. The topological polar surface area (TPSA) is 100 Å². The van der Waals surface area contributed by atoms with Crippen molar-refractivity contribution >= 4 is 33.0 Å². The highest BCUT2D eigenvalue weighted by molar-refractivity contribution is 7.15. The molecule has 0 amide bonds. The minimum absolute atomic E-state index is 0.0849. The molecular formula is C30H27FN6O2S. The highest BCUT2D eigenvalue weighted by Crippen LogP contribution is 2.38. The Hall–Kier alpha value is -4.57. The second kappa shape index (κ2) is 9.87. The van der Waals surface area contributed by atoms with E-state index in [4.69, 9.17) is 15.6 Å². The van der Waals surface area contributed by atoms with E-state index in [1.807, 2.05) is 50.4 Å². The Morgan fingerprint density at radius 2 is 1.93 bits per heavy atom. The lowest BCUT2D eigenvalue weighted by Gasteiger charge is -2.21. The number of rotatable bonds is 6. The van der Waals surface area contributed by atoms with Crippen molar-refractivity contribution in [3.8, 4) is 28.1 Å². The van der Waals surface area contributed by atoms with Gasteiger partial charge >= 0.3 is 0 Å². The Kier molecular flexibility index (Phi) is 6.34. The normalized spacial score (nSPS) is 12.3. The summed E-state index contributed by atoms with van der Waals surface area (Å²) in [5.74, 6) is -0.148. The van der Waals surface area contributed by atoms with E-state index in [1.165, 1.54) is 30.8 Å². The first kappa shape index (κ1) is 25.7. The van der Waals surface area contributed by atoms with Crippen LogP contribution in [0.5, 0.6) is 5.75 Å². The summed E-state index contributed by atoms with van der Waals surface area (Å²) in [5.41, 5.74) is 11.9. The maximum Gasteiger partial charge on any atom is 0.264 e. The van der Waals surface area contributed by atoms with Crippen LogP contribution in [0.25, 0.3) is 38.2 Å². The van der Waals surface area contributed by atoms with Gasteiger partial charge < -0.3 is 10.5 Å². The quantitative estimate of drug-likeness (QED) is 0.264. The van der Waals surface area contributed by atoms with Crippen LogP contribution in [-0.2, 0) is 0 Å². The molecule has 0 unspecified atom stereocenters. The molecule has 4 aromatic heterocycles. The molecule has 2 N–H and O–H groups in total. The number of ether oxygens (including phenoxy) is 1. The van der Waals surface area contributed by atoms with Crippen molar-refractivity contribution in [1.29, 1.82) is 0 Å². The first-order valence-electron chi connectivity index (χ1n) is 12.9. The van der Waals surface area contributed by atoms with Crippen LogP contribution in [-0.4, -0.2) is 31.3 Å². The molecule has 0 saturated carbocycles. The van der Waals surface area contributed by atoms with E-state index in [0.717, 1.165) is 27.2 Å². The van der Waals surface area contributed by atoms with Crippen molar-refractivity contribution in [1.82, 2.24) is 24.1 Å². The SMILES string of the molecule is CC[C@@H](c1cc2scc(C)n2c(=O)c1-c1cccc(C)c1)n1nc(-c2ccc(OC)c(F)c2)c2c(N)ncnc21. The molecule has 0 saturated heterocycles. The number of aromatic nitrogens is 5. The Morgan fingerprint density at radius 3 is 2.65 bits per heavy atom. The molecule has 0 bridgehead atoms. The molecule has 0 fully saturated rings. The molecule has 0 aliphatic heterocycles. The van der Waals surface area contributed by atoms with Gasteiger partial charge in [-0.05, 0) is 55.7 Å². The summed E-state index contributed by atoms with van der Waals surface area (Å²) >= 11 is 1.52. The number of nitrogen functional groups attached to an aromatic ring is 1. The number of nitrogens with zero attached hydrogens (tertiary/aromatic N) is 5. The number of hydrogen-bond acceptors (Lipinski definition) is 7. The summed E-state index contributed by atoms with van der Waals surface area (Å²) in [6.45, 7) is 5.98. The minimum Gasteiger partial charge on any atom is -0.494 e. The molecule has 8 nitrogen and oxygen atoms in total. The summed E-state index contributed by atoms with van der Waals surface area (Å²) in [6, 6.07) is 14.3. The Bertz CT molecular complexity index is 1980. The monoisotopic (exact) mass is 554 g/mol. The number of pyridine rings is 1. The van der Waals surface area contributed by atoms with Crippen LogP contribution in [0.1, 0.15) is 36.2 Å². The van der Waals surface area contributed by atoms with Gasteiger partial charge in [0.05, 0.1) is 24.1 Å². The van der Waals surface area contributed by atoms with Gasteiger partial charge in [0.25, 0.3) is 5.56 Å². The average Bonchev–Trinajstić information content (AvgIpc) is 3.51. The van der Waals surface area contributed by atoms with E-state index in [0.29, 0.717) is 34.3 Å². The van der Waals surface area contributed by atoms with Crippen molar-refractivity contribution in [3.05, 3.63) is 93.2 Å². The van der Waals surface area contributed by atoms with Gasteiger partial charge in [-0.15, -0.1) is 11.3 Å². The van der Waals surface area contributed by atoms with E-state index < -0.39 is 5.82 Å². The van der Waals surface area contributed by atoms with E-state index in [-0.39, 0.29) is 23.2 Å². The van der Waals surface area contributed by atoms with Crippen molar-refractivity contribution in [2.45, 2.75) is 33.2 Å². The number of nitrogens with two attached hydrogens (primary N) is 1. The van der Waals surface area contributed by atoms with Gasteiger partial charge in [-0.3, -0.25) is 9.20 Å². The Morgan fingerprint density at radius 1 is 1.10 bits per heavy atom. The first-order chi connectivity index (χ1) is 19.3. The van der Waals surface area contributed by atoms with Crippen LogP contribution >= 0.6 is 11.3 Å². The molecule has 0 radical (unpaired) electrons. The number of fused-ring (bicyclic) bond motifs is 2. The highest BCUT2D eigenvalue weighted by atomic mass is 32.1. The van der Waals surface area contributed by atoms with Crippen molar-refractivity contribution in [2.75, 3.05) is 12.8 Å². The standard InChI is InChI=1S/C30H27FN6O2S/c1-5-22(20-13-24-36(17(3)14-40-24)30(38)25(20)18-8-6-7-16(2)11-18)37-29-26(28(32)33-15-34-29)27(35-37)19-9-10-23(39-4)21(31)12-19/h6-15,22H,5H2,1-4H3,(H2,32,33,34)/t22-/m0/s1. The fourth-order valence-corrected chi connectivity index (χ4v) is 6.25. The molecule has 2 aromatic carbocycles. The molecule has 0 aliphatic carbocycles. The number of benzene rings is 2. The van der Waals surface area contributed by atoms with Gasteiger partial charge in [0, 0.05) is 16.6 Å². The molecule has 1 atom stereocenters. The van der Waals surface area contributed by atoms with E-state index in [2.05, 4.69) is 16.0 Å². The predicted octanol–water partition coefficient (Wildman–Crippen LogP) is 6.18. The van der Waals surface area contributed by atoms with Crippen LogP contribution in [0.15, 0.2) is 65.0 Å². The van der Waals surface area contributed by atoms with Crippen molar-refractivity contribution in [2.24, 2.45) is 0 Å². The maximum atomic E-state index is 14.7.